The SMILES string of the molecule is CC(C)(C)OC(=O)NN(C(=O)OC(C)(C)C)[C@@H]1CCC2CC21. The van der Waals surface area contributed by atoms with Crippen LogP contribution in [0.25, 0.3) is 0 Å². The molecule has 2 aliphatic rings. The van der Waals surface area contributed by atoms with Crippen molar-refractivity contribution < 1.29 is 19.1 Å². The zero-order chi connectivity index (χ0) is 16.7. The summed E-state index contributed by atoms with van der Waals surface area (Å²) in [5, 5.41) is 1.34. The standard InChI is InChI=1S/C16H28N2O4/c1-15(2,3)21-13(19)17-18(14(20)22-16(4,5)6)12-8-7-10-9-11(10)12/h10-12H,7-9H2,1-6H3,(H,17,19)/t10?,11?,12-/m1/s1. The molecule has 6 heteroatoms. The van der Waals surface area contributed by atoms with Crippen LogP contribution in [0.4, 0.5) is 9.59 Å². The van der Waals surface area contributed by atoms with Crippen molar-refractivity contribution in [2.24, 2.45) is 11.8 Å². The molecule has 1 N–H and O–H groups in total. The highest BCUT2D eigenvalue weighted by atomic mass is 16.6. The van der Waals surface area contributed by atoms with E-state index in [1.54, 1.807) is 20.8 Å². The number of fused-ring (bicyclic) bond motifs is 1. The highest BCUT2D eigenvalue weighted by molar-refractivity contribution is 5.74. The van der Waals surface area contributed by atoms with Crippen molar-refractivity contribution in [3.05, 3.63) is 0 Å². The highest BCUT2D eigenvalue weighted by Gasteiger charge is 2.52. The second-order valence-electron chi connectivity index (χ2n) is 8.27. The molecule has 2 aliphatic carbocycles. The number of rotatable bonds is 1. The summed E-state index contributed by atoms with van der Waals surface area (Å²) in [6, 6.07) is 0.00682. The van der Waals surface area contributed by atoms with Gasteiger partial charge >= 0.3 is 12.2 Å². The van der Waals surface area contributed by atoms with Gasteiger partial charge in [-0.15, -0.1) is 0 Å². The summed E-state index contributed by atoms with van der Waals surface area (Å²) in [7, 11) is 0. The quantitative estimate of drug-likeness (QED) is 0.753. The van der Waals surface area contributed by atoms with E-state index in [-0.39, 0.29) is 6.04 Å². The van der Waals surface area contributed by atoms with Crippen molar-refractivity contribution in [3.63, 3.8) is 0 Å². The Bertz CT molecular complexity index is 450. The molecule has 0 aromatic rings. The van der Waals surface area contributed by atoms with Gasteiger partial charge in [-0.1, -0.05) is 0 Å². The topological polar surface area (TPSA) is 67.9 Å². The van der Waals surface area contributed by atoms with Crippen LogP contribution in [0, 0.1) is 11.8 Å². The van der Waals surface area contributed by atoms with Gasteiger partial charge in [-0.3, -0.25) is 0 Å². The molecule has 0 aliphatic heterocycles. The first kappa shape index (κ1) is 16.9. The van der Waals surface area contributed by atoms with Crippen LogP contribution in [-0.2, 0) is 9.47 Å². The minimum atomic E-state index is -0.623. The van der Waals surface area contributed by atoms with Crippen molar-refractivity contribution in [2.45, 2.75) is 78.0 Å². The summed E-state index contributed by atoms with van der Waals surface area (Å²) in [5.74, 6) is 1.16. The lowest BCUT2D eigenvalue weighted by molar-refractivity contribution is -0.0113. The summed E-state index contributed by atoms with van der Waals surface area (Å²) < 4.78 is 10.7. The van der Waals surface area contributed by atoms with E-state index in [0.717, 1.165) is 19.3 Å². The van der Waals surface area contributed by atoms with E-state index >= 15 is 0 Å². The normalized spacial score (nSPS) is 26.9. The smallest absolute Gasteiger partial charge is 0.429 e. The molecule has 2 unspecified atom stereocenters. The number of nitrogens with zero attached hydrogens (tertiary/aromatic N) is 1. The predicted octanol–water partition coefficient (Wildman–Crippen LogP) is 3.46. The third-order valence-electron chi connectivity index (χ3n) is 3.84. The van der Waals surface area contributed by atoms with Crippen LogP contribution in [0.3, 0.4) is 0 Å². The Morgan fingerprint density at radius 2 is 1.59 bits per heavy atom. The van der Waals surface area contributed by atoms with Crippen LogP contribution in [-0.4, -0.2) is 34.4 Å². The Morgan fingerprint density at radius 1 is 1.00 bits per heavy atom. The fourth-order valence-corrected chi connectivity index (χ4v) is 2.97. The lowest BCUT2D eigenvalue weighted by atomic mass is 10.1. The number of nitrogens with one attached hydrogen (secondary N) is 1. The summed E-state index contributed by atoms with van der Waals surface area (Å²) in [4.78, 5) is 24.5. The fraction of sp³-hybridized carbons (Fsp3) is 0.875. The maximum absolute atomic E-state index is 12.4. The number of carbonyl (C=O) groups excluding carboxylic acids is 2. The van der Waals surface area contributed by atoms with Gasteiger partial charge in [0.15, 0.2) is 0 Å². The van der Waals surface area contributed by atoms with Crippen LogP contribution in [0.5, 0.6) is 0 Å². The second-order valence-corrected chi connectivity index (χ2v) is 8.27. The van der Waals surface area contributed by atoms with Gasteiger partial charge in [0.1, 0.15) is 11.2 Å². The molecular weight excluding hydrogens is 284 g/mol. The first-order chi connectivity index (χ1) is 9.96. The molecule has 0 saturated heterocycles. The van der Waals surface area contributed by atoms with Crippen molar-refractivity contribution >= 4 is 12.2 Å². The van der Waals surface area contributed by atoms with Crippen molar-refractivity contribution in [1.29, 1.82) is 0 Å². The van der Waals surface area contributed by atoms with Gasteiger partial charge in [-0.25, -0.2) is 20.0 Å². The van der Waals surface area contributed by atoms with E-state index in [2.05, 4.69) is 5.43 Å². The van der Waals surface area contributed by atoms with Crippen molar-refractivity contribution in [1.82, 2.24) is 10.4 Å². The lowest BCUT2D eigenvalue weighted by Crippen LogP contribution is -2.54. The van der Waals surface area contributed by atoms with Gasteiger partial charge in [0.25, 0.3) is 0 Å². The van der Waals surface area contributed by atoms with E-state index in [0.29, 0.717) is 11.8 Å². The van der Waals surface area contributed by atoms with Gasteiger partial charge in [0, 0.05) is 0 Å². The number of carbonyl (C=O) groups is 2. The van der Waals surface area contributed by atoms with Gasteiger partial charge in [-0.05, 0) is 72.6 Å². The van der Waals surface area contributed by atoms with Crippen LogP contribution in [0.15, 0.2) is 0 Å². The molecular formula is C16H28N2O4. The zero-order valence-electron chi connectivity index (χ0n) is 14.4. The summed E-state index contributed by atoms with van der Waals surface area (Å²) in [5.41, 5.74) is 1.38. The summed E-state index contributed by atoms with van der Waals surface area (Å²) >= 11 is 0. The molecule has 0 bridgehead atoms. The average molecular weight is 312 g/mol. The molecule has 0 aromatic heterocycles. The Hall–Kier alpha value is -1.46. The molecule has 0 spiro atoms. The van der Waals surface area contributed by atoms with E-state index in [4.69, 9.17) is 9.47 Å². The first-order valence-electron chi connectivity index (χ1n) is 7.98. The third-order valence-corrected chi connectivity index (χ3v) is 3.84. The van der Waals surface area contributed by atoms with E-state index in [1.165, 1.54) is 5.01 Å². The molecule has 22 heavy (non-hydrogen) atoms. The Labute approximate surface area is 132 Å². The molecule has 2 fully saturated rings. The van der Waals surface area contributed by atoms with Gasteiger partial charge < -0.3 is 9.47 Å². The predicted molar refractivity (Wildman–Crippen MR) is 82.1 cm³/mol. The Balaban J connectivity index is 2.05. The average Bonchev–Trinajstić information content (AvgIpc) is 2.94. The maximum atomic E-state index is 12.4. The monoisotopic (exact) mass is 312 g/mol. The van der Waals surface area contributed by atoms with Crippen LogP contribution in [0.1, 0.15) is 60.8 Å². The maximum Gasteiger partial charge on any atom is 0.429 e. The number of ether oxygens (including phenoxy) is 2. The molecule has 2 amide bonds. The fourth-order valence-electron chi connectivity index (χ4n) is 2.97. The molecule has 6 nitrogen and oxygen atoms in total. The van der Waals surface area contributed by atoms with Gasteiger partial charge in [0.05, 0.1) is 6.04 Å². The number of hydrazine groups is 1. The third kappa shape index (κ3) is 4.52. The molecule has 3 atom stereocenters. The van der Waals surface area contributed by atoms with Crippen LogP contribution >= 0.6 is 0 Å². The molecule has 126 valence electrons. The number of hydrogen-bond donors (Lipinski definition) is 1. The minimum absolute atomic E-state index is 0.00682. The molecule has 0 aromatic carbocycles. The molecule has 0 heterocycles. The largest absolute Gasteiger partial charge is 0.443 e. The van der Waals surface area contributed by atoms with E-state index < -0.39 is 23.4 Å². The second kappa shape index (κ2) is 5.63. The van der Waals surface area contributed by atoms with E-state index in [1.807, 2.05) is 20.8 Å². The molecule has 2 saturated carbocycles. The molecule has 0 radical (unpaired) electrons. The molecule has 2 rings (SSSR count). The first-order valence-corrected chi connectivity index (χ1v) is 7.98. The summed E-state index contributed by atoms with van der Waals surface area (Å²) in [6.45, 7) is 10.8. The minimum Gasteiger partial charge on any atom is -0.443 e. The summed E-state index contributed by atoms with van der Waals surface area (Å²) in [6.07, 6.45) is 1.98. The van der Waals surface area contributed by atoms with Crippen molar-refractivity contribution in [3.8, 4) is 0 Å². The Kier molecular flexibility index (Phi) is 4.33. The Morgan fingerprint density at radius 3 is 2.00 bits per heavy atom. The lowest BCUT2D eigenvalue weighted by Gasteiger charge is -2.33. The number of amides is 2. The zero-order valence-corrected chi connectivity index (χ0v) is 14.4. The van der Waals surface area contributed by atoms with E-state index in [9.17, 15) is 9.59 Å². The van der Waals surface area contributed by atoms with Crippen LogP contribution < -0.4 is 5.43 Å². The number of hydrogen-bond acceptors (Lipinski definition) is 4. The highest BCUT2D eigenvalue weighted by Crippen LogP contribution is 2.53. The van der Waals surface area contributed by atoms with Crippen molar-refractivity contribution in [2.75, 3.05) is 0 Å². The van der Waals surface area contributed by atoms with Gasteiger partial charge in [-0.2, -0.15) is 0 Å². The van der Waals surface area contributed by atoms with Crippen LogP contribution in [0.2, 0.25) is 0 Å². The van der Waals surface area contributed by atoms with Gasteiger partial charge in [0.2, 0.25) is 0 Å².